The molecule has 4 aliphatic carbocycles. The highest BCUT2D eigenvalue weighted by atomic mass is 79.9. The average molecular weight is 1220 g/mol. The van der Waals surface area contributed by atoms with Crippen LogP contribution in [0.1, 0.15) is 284 Å². The minimum absolute atomic E-state index is 0.165. The zero-order valence-corrected chi connectivity index (χ0v) is 54.5. The second kappa shape index (κ2) is 19.6. The summed E-state index contributed by atoms with van der Waals surface area (Å²) in [6, 6.07) is 16.1. The van der Waals surface area contributed by atoms with Crippen molar-refractivity contribution < 1.29 is 0 Å². The van der Waals surface area contributed by atoms with E-state index in [-0.39, 0.29) is 43.3 Å². The summed E-state index contributed by atoms with van der Waals surface area (Å²) >= 11 is 19.4. The molecule has 3 aromatic rings. The van der Waals surface area contributed by atoms with Gasteiger partial charge in [-0.25, -0.2) is 0 Å². The van der Waals surface area contributed by atoms with E-state index in [1.165, 1.54) is 139 Å². The van der Waals surface area contributed by atoms with Crippen molar-refractivity contribution in [3.63, 3.8) is 0 Å². The molecule has 0 saturated carbocycles. The topological polar surface area (TPSA) is 0 Å². The maximum absolute atomic E-state index is 4.86. The quantitative estimate of drug-likeness (QED) is 0.0781. The summed E-state index contributed by atoms with van der Waals surface area (Å²) < 4.78 is 0. The van der Waals surface area contributed by atoms with Gasteiger partial charge >= 0.3 is 0 Å². The summed E-state index contributed by atoms with van der Waals surface area (Å²) in [6.45, 7) is 40.1. The van der Waals surface area contributed by atoms with Crippen LogP contribution >= 0.6 is 61.2 Å². The van der Waals surface area contributed by atoms with E-state index in [0.29, 0.717) is 0 Å². The minimum atomic E-state index is -2.70. The number of hydrogen-bond acceptors (Lipinski definition) is 0. The lowest BCUT2D eigenvalue weighted by Crippen LogP contribution is -2.57. The van der Waals surface area contributed by atoms with Crippen LogP contribution in [-0.4, -0.2) is 10.6 Å². The van der Waals surface area contributed by atoms with Gasteiger partial charge in [-0.05, 0) is 237 Å². The van der Waals surface area contributed by atoms with Crippen molar-refractivity contribution in [2.45, 2.75) is 283 Å². The Balaban J connectivity index is 1.56. The standard InChI is InChI=1S/C62H94Br4Si2/c1-17-55(18-2)39-59(25-9,26-10)49-45(55)37-46-50(60(27-11,28-12)40-56(46,19-3)20-4)53(49)67(63,64)43-33-35-44(36-34-43)68(65,66)54-51-47(57(21-5,22-6)41-61(51,29-13)30-14)38-48-52(54)62(31-15,32-16)42-58(48,23-7)24-8/h33-38H,17-32,39-42H2,1-16H3. The van der Waals surface area contributed by atoms with Crippen molar-refractivity contribution in [2.75, 3.05) is 0 Å². The van der Waals surface area contributed by atoms with Crippen molar-refractivity contribution in [3.05, 3.63) is 80.9 Å². The Kier molecular flexibility index (Phi) is 16.1. The number of rotatable bonds is 20. The first kappa shape index (κ1) is 55.8. The van der Waals surface area contributed by atoms with Crippen LogP contribution in [-0.2, 0) is 43.3 Å². The first-order valence-electron chi connectivity index (χ1n) is 28.5. The predicted molar refractivity (Wildman–Crippen MR) is 322 cm³/mol. The zero-order chi connectivity index (χ0) is 50.3. The molecule has 0 nitrogen and oxygen atoms in total. The predicted octanol–water partition coefficient (Wildman–Crippen LogP) is 18.5. The molecule has 3 aromatic carbocycles. The van der Waals surface area contributed by atoms with Crippen molar-refractivity contribution in [2.24, 2.45) is 0 Å². The Morgan fingerprint density at radius 1 is 0.294 bits per heavy atom. The van der Waals surface area contributed by atoms with Gasteiger partial charge in [0.15, 0.2) is 0 Å². The zero-order valence-electron chi connectivity index (χ0n) is 46.1. The lowest BCUT2D eigenvalue weighted by atomic mass is 9.70. The Morgan fingerprint density at radius 2 is 0.456 bits per heavy atom. The number of hydrogen-bond donors (Lipinski definition) is 0. The van der Waals surface area contributed by atoms with Gasteiger partial charge in [-0.3, -0.25) is 0 Å². The monoisotopic (exact) mass is 1210 g/mol. The molecular weight excluding hydrogens is 1120 g/mol. The summed E-state index contributed by atoms with van der Waals surface area (Å²) in [4.78, 5) is 0. The van der Waals surface area contributed by atoms with E-state index in [2.05, 4.69) is 147 Å². The normalized spacial score (nSPS) is 21.7. The third-order valence-corrected chi connectivity index (χ3v) is 37.5. The van der Waals surface area contributed by atoms with Gasteiger partial charge in [0.2, 0.25) is 0 Å². The third-order valence-electron chi connectivity index (χ3n) is 22.8. The molecule has 4 aliphatic rings. The highest BCUT2D eigenvalue weighted by Crippen LogP contribution is 2.65. The molecule has 6 heteroatoms. The Hall–Kier alpha value is 0.0138. The lowest BCUT2D eigenvalue weighted by Gasteiger charge is -2.39. The molecule has 0 aliphatic heterocycles. The molecule has 0 bridgehead atoms. The molecule has 68 heavy (non-hydrogen) atoms. The van der Waals surface area contributed by atoms with E-state index < -0.39 is 10.6 Å². The largest absolute Gasteiger partial charge is 0.260 e. The molecule has 378 valence electrons. The van der Waals surface area contributed by atoms with Crippen LogP contribution in [0.2, 0.25) is 0 Å². The number of fused-ring (bicyclic) bond motifs is 4. The van der Waals surface area contributed by atoms with E-state index in [1.807, 2.05) is 0 Å². The SMILES string of the molecule is CCC1(CC)CC(CC)(CC)c2c1cc1c(c2[Si](Br)(Br)c2ccc([Si](Br)(Br)c3c4c(cc5c3C(CC)(CC)CC5(CC)CC)C(CC)(CC)CC4(CC)CC)cc2)C(CC)(CC)CC1(CC)CC. The highest BCUT2D eigenvalue weighted by Gasteiger charge is 2.61. The highest BCUT2D eigenvalue weighted by molar-refractivity contribution is 9.52. The van der Waals surface area contributed by atoms with E-state index in [0.717, 1.165) is 0 Å². The summed E-state index contributed by atoms with van der Waals surface area (Å²) in [5, 5.41) is 0.957. The fourth-order valence-corrected chi connectivity index (χ4v) is 29.8. The van der Waals surface area contributed by atoms with Gasteiger partial charge in [-0.15, -0.1) is 0 Å². The van der Waals surface area contributed by atoms with E-state index in [9.17, 15) is 0 Å². The third kappa shape index (κ3) is 7.41. The molecule has 7 rings (SSSR count). The van der Waals surface area contributed by atoms with E-state index >= 15 is 0 Å². The first-order chi connectivity index (χ1) is 32.2. The summed E-state index contributed by atoms with van der Waals surface area (Å²) in [7, 11) is 0. The maximum Gasteiger partial charge on any atom is 0.260 e. The number of benzene rings is 3. The van der Waals surface area contributed by atoms with Gasteiger partial charge < -0.3 is 0 Å². The van der Waals surface area contributed by atoms with Crippen LogP contribution in [0.15, 0.2) is 36.4 Å². The molecule has 0 N–H and O–H groups in total. The molecule has 0 fully saturated rings. The van der Waals surface area contributed by atoms with Crippen molar-refractivity contribution in [1.29, 1.82) is 0 Å². The Morgan fingerprint density at radius 3 is 0.603 bits per heavy atom. The van der Waals surface area contributed by atoms with Crippen LogP contribution in [0, 0.1) is 0 Å². The fourth-order valence-electron chi connectivity index (χ4n) is 17.3. The van der Waals surface area contributed by atoms with E-state index in [4.69, 9.17) is 61.2 Å². The van der Waals surface area contributed by atoms with Crippen LogP contribution in [0.25, 0.3) is 0 Å². The van der Waals surface area contributed by atoms with Gasteiger partial charge in [-0.1, -0.05) is 208 Å². The van der Waals surface area contributed by atoms with Crippen molar-refractivity contribution >= 4 is 92.5 Å². The molecule has 0 spiro atoms. The summed E-state index contributed by atoms with van der Waals surface area (Å²) in [5.41, 5.74) is 15.4. The van der Waals surface area contributed by atoms with Gasteiger partial charge in [-0.2, -0.15) is 0 Å². The maximum atomic E-state index is 4.86. The second-order valence-electron chi connectivity index (χ2n) is 23.5. The molecule has 0 unspecified atom stereocenters. The average Bonchev–Trinajstić information content (AvgIpc) is 4.05. The summed E-state index contributed by atoms with van der Waals surface area (Å²) in [5.74, 6) is 0. The van der Waals surface area contributed by atoms with Crippen LogP contribution in [0.4, 0.5) is 0 Å². The number of halogens is 4. The molecule has 0 amide bonds. The minimum Gasteiger partial charge on any atom is -0.0987 e. The first-order valence-corrected chi connectivity index (χ1v) is 41.6. The molecular formula is C62H94Br4Si2. The fraction of sp³-hybridized carbons (Fsp3) is 0.710. The van der Waals surface area contributed by atoms with Gasteiger partial charge in [0.05, 0.1) is 0 Å². The Bertz CT molecular complexity index is 2020. The van der Waals surface area contributed by atoms with Crippen molar-refractivity contribution in [3.8, 4) is 0 Å². The molecule has 0 aromatic heterocycles. The smallest absolute Gasteiger partial charge is 0.0987 e. The van der Waals surface area contributed by atoms with E-state index in [1.54, 1.807) is 54.9 Å². The van der Waals surface area contributed by atoms with Crippen LogP contribution in [0.5, 0.6) is 0 Å². The van der Waals surface area contributed by atoms with Crippen LogP contribution in [0.3, 0.4) is 0 Å². The van der Waals surface area contributed by atoms with Gasteiger partial charge in [0, 0.05) is 0 Å². The van der Waals surface area contributed by atoms with Gasteiger partial charge in [0.25, 0.3) is 10.6 Å². The summed E-state index contributed by atoms with van der Waals surface area (Å²) in [6.07, 6.45) is 24.4. The van der Waals surface area contributed by atoms with Crippen LogP contribution < -0.4 is 20.7 Å². The van der Waals surface area contributed by atoms with Crippen molar-refractivity contribution in [1.82, 2.24) is 0 Å². The molecule has 0 atom stereocenters. The second-order valence-corrected chi connectivity index (χ2v) is 48.6. The molecule has 0 heterocycles. The lowest BCUT2D eigenvalue weighted by molar-refractivity contribution is 0.278. The molecule has 0 saturated heterocycles. The molecule has 0 radical (unpaired) electrons. The Labute approximate surface area is 452 Å². The van der Waals surface area contributed by atoms with Gasteiger partial charge in [0.1, 0.15) is 0 Å².